The molecule has 1 aromatic heterocycles. The highest BCUT2D eigenvalue weighted by molar-refractivity contribution is 7.15. The summed E-state index contributed by atoms with van der Waals surface area (Å²) in [6.45, 7) is 3.32. The lowest BCUT2D eigenvalue weighted by Gasteiger charge is -2.21. The van der Waals surface area contributed by atoms with Crippen LogP contribution in [0.2, 0.25) is 0 Å². The smallest absolute Gasteiger partial charge is 0.303 e. The molecule has 0 aliphatic heterocycles. The monoisotopic (exact) mass is 329 g/mol. The van der Waals surface area contributed by atoms with Crippen LogP contribution in [0.5, 0.6) is 0 Å². The number of carboxylic acids is 2. The Morgan fingerprint density at radius 3 is 2.55 bits per heavy atom. The fourth-order valence-electron chi connectivity index (χ4n) is 2.13. The summed E-state index contributed by atoms with van der Waals surface area (Å²) in [6.07, 6.45) is 4.02. The minimum atomic E-state index is -1.08. The van der Waals surface area contributed by atoms with Gasteiger partial charge in [-0.2, -0.15) is 0 Å². The zero-order valence-electron chi connectivity index (χ0n) is 12.7. The van der Waals surface area contributed by atoms with Gasteiger partial charge in [-0.25, -0.2) is 4.98 Å². The van der Waals surface area contributed by atoms with Crippen LogP contribution in [0.1, 0.15) is 43.2 Å². The van der Waals surface area contributed by atoms with Gasteiger partial charge in [0, 0.05) is 10.9 Å². The quantitative estimate of drug-likeness (QED) is 0.623. The Morgan fingerprint density at radius 2 is 2.00 bits per heavy atom. The Morgan fingerprint density at radius 1 is 1.36 bits per heavy atom. The van der Waals surface area contributed by atoms with Crippen molar-refractivity contribution in [3.63, 3.8) is 0 Å². The van der Waals surface area contributed by atoms with E-state index >= 15 is 0 Å². The molecule has 2 rings (SSSR count). The molecule has 8 heteroatoms. The number of fused-ring (bicyclic) bond motifs is 1. The number of nitrogens with two attached hydrogens (primary N) is 1. The van der Waals surface area contributed by atoms with Gasteiger partial charge >= 0.3 is 11.9 Å². The maximum Gasteiger partial charge on any atom is 0.303 e. The third-order valence-corrected chi connectivity index (χ3v) is 4.14. The number of rotatable bonds is 6. The van der Waals surface area contributed by atoms with Crippen molar-refractivity contribution in [2.45, 2.75) is 51.5 Å². The van der Waals surface area contributed by atoms with Crippen molar-refractivity contribution in [3.8, 4) is 0 Å². The lowest BCUT2D eigenvalue weighted by Crippen LogP contribution is -2.34. The first-order valence-electron chi connectivity index (χ1n) is 7.33. The van der Waals surface area contributed by atoms with E-state index in [4.69, 9.17) is 15.9 Å². The minimum absolute atomic E-state index is 0.296. The minimum Gasteiger partial charge on any atom is -0.481 e. The maximum atomic E-state index is 9.64. The SMILES string of the molecule is CCCN[C@H]1CCc2nc(N)sc2C1.O=C(O)CCC(=O)O. The fraction of sp³-hybridized carbons (Fsp3) is 0.643. The van der Waals surface area contributed by atoms with E-state index in [2.05, 4.69) is 17.2 Å². The van der Waals surface area contributed by atoms with E-state index in [0.29, 0.717) is 6.04 Å². The molecule has 1 heterocycles. The van der Waals surface area contributed by atoms with E-state index in [1.165, 1.54) is 23.4 Å². The molecule has 0 bridgehead atoms. The van der Waals surface area contributed by atoms with Crippen molar-refractivity contribution >= 4 is 28.4 Å². The van der Waals surface area contributed by atoms with E-state index < -0.39 is 11.9 Å². The number of nitrogens with zero attached hydrogens (tertiary/aromatic N) is 1. The fourth-order valence-corrected chi connectivity index (χ4v) is 3.09. The normalized spacial score (nSPS) is 16.3. The molecule has 7 nitrogen and oxygen atoms in total. The summed E-state index contributed by atoms with van der Waals surface area (Å²) in [5.41, 5.74) is 6.93. The van der Waals surface area contributed by atoms with Crippen LogP contribution in [-0.4, -0.2) is 39.7 Å². The molecule has 1 aromatic rings. The number of carbonyl (C=O) groups is 2. The van der Waals surface area contributed by atoms with Crippen molar-refractivity contribution in [2.75, 3.05) is 12.3 Å². The summed E-state index contributed by atoms with van der Waals surface area (Å²) in [5, 5.41) is 20.1. The van der Waals surface area contributed by atoms with Crippen LogP contribution in [-0.2, 0) is 22.4 Å². The number of hydrogen-bond donors (Lipinski definition) is 4. The number of nitrogen functional groups attached to an aromatic ring is 1. The van der Waals surface area contributed by atoms with Gasteiger partial charge in [-0.05, 0) is 32.2 Å². The molecule has 1 aliphatic rings. The van der Waals surface area contributed by atoms with Crippen LogP contribution in [0.3, 0.4) is 0 Å². The predicted molar refractivity (Wildman–Crippen MR) is 85.1 cm³/mol. The summed E-state index contributed by atoms with van der Waals surface area (Å²) >= 11 is 1.65. The third kappa shape index (κ3) is 6.86. The van der Waals surface area contributed by atoms with Crippen molar-refractivity contribution in [2.24, 2.45) is 0 Å². The highest BCUT2D eigenvalue weighted by Crippen LogP contribution is 2.27. The lowest BCUT2D eigenvalue weighted by atomic mass is 9.98. The third-order valence-electron chi connectivity index (χ3n) is 3.19. The number of carboxylic acid groups (broad SMARTS) is 2. The first-order valence-corrected chi connectivity index (χ1v) is 8.15. The average molecular weight is 329 g/mol. The molecule has 0 saturated carbocycles. The number of thiazole rings is 1. The van der Waals surface area contributed by atoms with Gasteiger partial charge in [-0.15, -0.1) is 11.3 Å². The van der Waals surface area contributed by atoms with Crippen LogP contribution < -0.4 is 11.1 Å². The highest BCUT2D eigenvalue weighted by atomic mass is 32.1. The topological polar surface area (TPSA) is 126 Å². The van der Waals surface area contributed by atoms with Crippen LogP contribution in [0.4, 0.5) is 5.13 Å². The van der Waals surface area contributed by atoms with Gasteiger partial charge in [0.1, 0.15) is 0 Å². The summed E-state index contributed by atoms with van der Waals surface area (Å²) < 4.78 is 0. The molecule has 0 aromatic carbocycles. The van der Waals surface area contributed by atoms with Crippen molar-refractivity contribution in [1.29, 1.82) is 0 Å². The highest BCUT2D eigenvalue weighted by Gasteiger charge is 2.21. The molecule has 1 atom stereocenters. The van der Waals surface area contributed by atoms with Gasteiger partial charge in [0.05, 0.1) is 18.5 Å². The Hall–Kier alpha value is -1.67. The second-order valence-corrected chi connectivity index (χ2v) is 6.22. The van der Waals surface area contributed by atoms with E-state index in [9.17, 15) is 9.59 Å². The Labute approximate surface area is 133 Å². The molecular weight excluding hydrogens is 306 g/mol. The Bertz CT molecular complexity index is 490. The number of aliphatic carboxylic acids is 2. The Balaban J connectivity index is 0.000000261. The van der Waals surface area contributed by atoms with Crippen LogP contribution in [0, 0.1) is 0 Å². The Kier molecular flexibility index (Phi) is 7.83. The van der Waals surface area contributed by atoms with Gasteiger partial charge in [-0.3, -0.25) is 9.59 Å². The molecule has 0 amide bonds. The standard InChI is InChI=1S/C10H17N3S.C4H6O4/c1-2-5-12-7-3-4-8-9(6-7)14-10(11)13-8;5-3(6)1-2-4(7)8/h7,12H,2-6H2,1H3,(H2,11,13);1-2H2,(H,5,6)(H,7,8)/t7-;/m0./s1. The van der Waals surface area contributed by atoms with Gasteiger partial charge in [0.15, 0.2) is 5.13 Å². The van der Waals surface area contributed by atoms with E-state index in [0.717, 1.165) is 24.5 Å². The van der Waals surface area contributed by atoms with Crippen LogP contribution >= 0.6 is 11.3 Å². The second kappa shape index (κ2) is 9.37. The summed E-state index contributed by atoms with van der Waals surface area (Å²) in [6, 6.07) is 0.641. The number of nitrogens with one attached hydrogen (secondary N) is 1. The molecule has 1 aliphatic carbocycles. The van der Waals surface area contributed by atoms with Gasteiger partial charge in [0.25, 0.3) is 0 Å². The summed E-state index contributed by atoms with van der Waals surface area (Å²) in [5.74, 6) is -2.15. The van der Waals surface area contributed by atoms with Crippen LogP contribution in [0.15, 0.2) is 0 Å². The number of aryl methyl sites for hydroxylation is 1. The molecule has 5 N–H and O–H groups in total. The van der Waals surface area contributed by atoms with E-state index in [1.54, 1.807) is 11.3 Å². The molecule has 0 spiro atoms. The first kappa shape index (κ1) is 18.4. The molecule has 0 fully saturated rings. The van der Waals surface area contributed by atoms with E-state index in [-0.39, 0.29) is 12.8 Å². The van der Waals surface area contributed by atoms with Crippen LogP contribution in [0.25, 0.3) is 0 Å². The summed E-state index contributed by atoms with van der Waals surface area (Å²) in [7, 11) is 0. The van der Waals surface area contributed by atoms with Gasteiger partial charge in [-0.1, -0.05) is 6.92 Å². The second-order valence-electron chi connectivity index (χ2n) is 5.10. The zero-order valence-corrected chi connectivity index (χ0v) is 13.5. The number of aromatic nitrogens is 1. The zero-order chi connectivity index (χ0) is 16.5. The average Bonchev–Trinajstić information content (AvgIpc) is 2.82. The van der Waals surface area contributed by atoms with Gasteiger partial charge < -0.3 is 21.3 Å². The van der Waals surface area contributed by atoms with Crippen molar-refractivity contribution in [1.82, 2.24) is 10.3 Å². The molecular formula is C14H23N3O4S. The maximum absolute atomic E-state index is 9.64. The van der Waals surface area contributed by atoms with Crippen molar-refractivity contribution < 1.29 is 19.8 Å². The summed E-state index contributed by atoms with van der Waals surface area (Å²) in [4.78, 5) is 25.0. The van der Waals surface area contributed by atoms with E-state index in [1.807, 2.05) is 0 Å². The van der Waals surface area contributed by atoms with Crippen molar-refractivity contribution in [3.05, 3.63) is 10.6 Å². The molecule has 124 valence electrons. The molecule has 0 saturated heterocycles. The number of anilines is 1. The number of hydrogen-bond acceptors (Lipinski definition) is 6. The predicted octanol–water partition coefficient (Wildman–Crippen LogP) is 1.52. The molecule has 0 radical (unpaired) electrons. The lowest BCUT2D eigenvalue weighted by molar-refractivity contribution is -0.143. The van der Waals surface area contributed by atoms with Gasteiger partial charge in [0.2, 0.25) is 0 Å². The largest absolute Gasteiger partial charge is 0.481 e. The molecule has 22 heavy (non-hydrogen) atoms. The molecule has 0 unspecified atom stereocenters. The first-order chi connectivity index (χ1) is 10.4.